The summed E-state index contributed by atoms with van der Waals surface area (Å²) >= 11 is 11.9. The third-order valence-electron chi connectivity index (χ3n) is 3.07. The molecule has 0 radical (unpaired) electrons. The van der Waals surface area contributed by atoms with Gasteiger partial charge in [0.1, 0.15) is 11.0 Å². The molecule has 7 heteroatoms. The summed E-state index contributed by atoms with van der Waals surface area (Å²) in [4.78, 5) is 4.19. The Bertz CT molecular complexity index is 732. The molecule has 120 valence electrons. The molecule has 0 saturated carbocycles. The fraction of sp³-hybridized carbons (Fsp3) is 0.400. The van der Waals surface area contributed by atoms with Crippen molar-refractivity contribution in [2.45, 2.75) is 31.9 Å². The molecule has 22 heavy (non-hydrogen) atoms. The van der Waals surface area contributed by atoms with Gasteiger partial charge in [0.2, 0.25) is 0 Å². The summed E-state index contributed by atoms with van der Waals surface area (Å²) in [5.41, 5.74) is 1.26. The topological polar surface area (TPSA) is 42.0 Å². The quantitative estimate of drug-likeness (QED) is 0.824. The van der Waals surface area contributed by atoms with Crippen LogP contribution in [-0.4, -0.2) is 20.5 Å². The van der Waals surface area contributed by atoms with Gasteiger partial charge in [0.15, 0.2) is 0 Å². The lowest BCUT2D eigenvalue weighted by Gasteiger charge is -2.18. The van der Waals surface area contributed by atoms with Gasteiger partial charge in [0.05, 0.1) is 26.3 Å². The highest BCUT2D eigenvalue weighted by Crippen LogP contribution is 2.25. The van der Waals surface area contributed by atoms with Gasteiger partial charge in [-0.1, -0.05) is 23.2 Å². The van der Waals surface area contributed by atoms with Crippen molar-refractivity contribution in [3.8, 4) is 0 Å². The van der Waals surface area contributed by atoms with Gasteiger partial charge in [0, 0.05) is 18.0 Å². The second-order valence-electron chi connectivity index (χ2n) is 5.92. The van der Waals surface area contributed by atoms with Crippen molar-refractivity contribution in [3.05, 3.63) is 39.8 Å². The molecular formula is C15H17Cl2FN2OS. The van der Waals surface area contributed by atoms with Crippen LogP contribution in [0.25, 0.3) is 10.9 Å². The number of pyridine rings is 1. The maximum atomic E-state index is 13.4. The summed E-state index contributed by atoms with van der Waals surface area (Å²) in [7, 11) is -1.14. The lowest BCUT2D eigenvalue weighted by molar-refractivity contribution is 0.629. The molecule has 0 amide bonds. The largest absolute Gasteiger partial charge is 0.242 e. The second-order valence-corrected chi connectivity index (χ2v) is 8.74. The number of nitrogens with one attached hydrogen (secondary N) is 1. The van der Waals surface area contributed by atoms with Crippen molar-refractivity contribution in [3.63, 3.8) is 0 Å². The number of fused-ring (bicyclic) bond motifs is 1. The van der Waals surface area contributed by atoms with Crippen LogP contribution in [0.5, 0.6) is 0 Å². The number of hydrogen-bond acceptors (Lipinski definition) is 2. The SMILES string of the molecule is CC(C)(C)S(=O)NCCc1cc2cc(Cl)c(F)cc2nc1Cl. The number of rotatable bonds is 4. The highest BCUT2D eigenvalue weighted by Gasteiger charge is 2.19. The maximum Gasteiger partial charge on any atom is 0.143 e. The van der Waals surface area contributed by atoms with Crippen molar-refractivity contribution < 1.29 is 8.60 Å². The van der Waals surface area contributed by atoms with E-state index < -0.39 is 16.8 Å². The van der Waals surface area contributed by atoms with Crippen LogP contribution in [0, 0.1) is 5.82 Å². The van der Waals surface area contributed by atoms with E-state index in [1.165, 1.54) is 12.1 Å². The lowest BCUT2D eigenvalue weighted by Crippen LogP contribution is -2.34. The Kier molecular flexibility index (Phi) is 5.43. The molecular weight excluding hydrogens is 346 g/mol. The van der Waals surface area contributed by atoms with Crippen LogP contribution >= 0.6 is 23.2 Å². The van der Waals surface area contributed by atoms with E-state index in [9.17, 15) is 8.60 Å². The summed E-state index contributed by atoms with van der Waals surface area (Å²) in [6, 6.07) is 4.62. The van der Waals surface area contributed by atoms with Crippen molar-refractivity contribution >= 4 is 45.1 Å². The third-order valence-corrected chi connectivity index (χ3v) is 5.26. The Labute approximate surface area is 141 Å². The fourth-order valence-corrected chi connectivity index (χ4v) is 2.99. The molecule has 1 N–H and O–H groups in total. The van der Waals surface area contributed by atoms with Crippen molar-refractivity contribution in [2.24, 2.45) is 0 Å². The first-order chi connectivity index (χ1) is 10.2. The Balaban J connectivity index is 2.16. The van der Waals surface area contributed by atoms with Crippen molar-refractivity contribution in [2.75, 3.05) is 6.54 Å². The minimum atomic E-state index is -1.14. The molecule has 1 aromatic heterocycles. The van der Waals surface area contributed by atoms with E-state index in [0.717, 1.165) is 10.9 Å². The summed E-state index contributed by atoms with van der Waals surface area (Å²) in [6.45, 7) is 6.21. The molecule has 0 aliphatic carbocycles. The summed E-state index contributed by atoms with van der Waals surface area (Å²) in [5, 5.41) is 1.09. The third kappa shape index (κ3) is 4.16. The normalized spacial score (nSPS) is 13.5. The van der Waals surface area contributed by atoms with Gasteiger partial charge in [-0.2, -0.15) is 0 Å². The summed E-state index contributed by atoms with van der Waals surface area (Å²) in [6.07, 6.45) is 0.568. The van der Waals surface area contributed by atoms with Crippen LogP contribution in [0.3, 0.4) is 0 Å². The van der Waals surface area contributed by atoms with Crippen molar-refractivity contribution in [1.29, 1.82) is 0 Å². The van der Waals surface area contributed by atoms with Crippen LogP contribution in [0.4, 0.5) is 4.39 Å². The van der Waals surface area contributed by atoms with Crippen molar-refractivity contribution in [1.82, 2.24) is 9.71 Å². The standard InChI is InChI=1S/C15H17Cl2FN2OS/c1-15(2,3)22(21)19-5-4-9-6-10-7-11(16)12(18)8-13(10)20-14(9)17/h6-8,19H,4-5H2,1-3H3. The average molecular weight is 363 g/mol. The molecule has 0 spiro atoms. The van der Waals surface area contributed by atoms with Crippen LogP contribution < -0.4 is 4.72 Å². The van der Waals surface area contributed by atoms with Crippen LogP contribution in [0.1, 0.15) is 26.3 Å². The molecule has 1 unspecified atom stereocenters. The molecule has 3 nitrogen and oxygen atoms in total. The molecule has 1 aromatic carbocycles. The fourth-order valence-electron chi connectivity index (χ4n) is 1.86. The Morgan fingerprint density at radius 1 is 1.27 bits per heavy atom. The average Bonchev–Trinajstić information content (AvgIpc) is 2.40. The van der Waals surface area contributed by atoms with Crippen LogP contribution in [0.2, 0.25) is 10.2 Å². The van der Waals surface area contributed by atoms with Gasteiger partial charge in [-0.15, -0.1) is 0 Å². The molecule has 0 saturated heterocycles. The molecule has 0 aliphatic rings. The van der Waals surface area contributed by atoms with Gasteiger partial charge < -0.3 is 0 Å². The lowest BCUT2D eigenvalue weighted by atomic mass is 10.1. The molecule has 2 rings (SSSR count). The number of aromatic nitrogens is 1. The summed E-state index contributed by atoms with van der Waals surface area (Å²) < 4.78 is 28.0. The Morgan fingerprint density at radius 2 is 1.95 bits per heavy atom. The van der Waals surface area contributed by atoms with E-state index in [2.05, 4.69) is 9.71 Å². The van der Waals surface area contributed by atoms with E-state index in [-0.39, 0.29) is 9.77 Å². The zero-order chi connectivity index (χ0) is 16.5. The molecule has 2 aromatic rings. The monoisotopic (exact) mass is 362 g/mol. The Morgan fingerprint density at radius 3 is 2.59 bits per heavy atom. The predicted molar refractivity (Wildman–Crippen MR) is 91.3 cm³/mol. The molecule has 1 heterocycles. The minimum absolute atomic E-state index is 0.0505. The predicted octanol–water partition coefficient (Wildman–Crippen LogP) is 4.28. The van der Waals surface area contributed by atoms with E-state index in [0.29, 0.717) is 23.6 Å². The first-order valence-electron chi connectivity index (χ1n) is 6.78. The van der Waals surface area contributed by atoms with Gasteiger partial charge >= 0.3 is 0 Å². The van der Waals surface area contributed by atoms with Gasteiger partial charge in [-0.3, -0.25) is 0 Å². The number of nitrogens with zero attached hydrogens (tertiary/aromatic N) is 1. The number of hydrogen-bond donors (Lipinski definition) is 1. The number of benzene rings is 1. The smallest absolute Gasteiger partial charge is 0.143 e. The molecule has 0 fully saturated rings. The van der Waals surface area contributed by atoms with E-state index in [1.807, 2.05) is 26.8 Å². The van der Waals surface area contributed by atoms with Crippen LogP contribution in [-0.2, 0) is 17.4 Å². The number of halogens is 3. The second kappa shape index (κ2) is 6.79. The maximum absolute atomic E-state index is 13.4. The zero-order valence-corrected chi connectivity index (χ0v) is 14.9. The Hall–Kier alpha value is -0.750. The first kappa shape index (κ1) is 17.6. The molecule has 1 atom stereocenters. The van der Waals surface area contributed by atoms with E-state index in [4.69, 9.17) is 23.2 Å². The minimum Gasteiger partial charge on any atom is -0.242 e. The highest BCUT2D eigenvalue weighted by molar-refractivity contribution is 7.84. The van der Waals surface area contributed by atoms with E-state index in [1.54, 1.807) is 0 Å². The summed E-state index contributed by atoms with van der Waals surface area (Å²) in [5.74, 6) is -0.521. The van der Waals surface area contributed by atoms with Gasteiger partial charge in [0.25, 0.3) is 0 Å². The highest BCUT2D eigenvalue weighted by atomic mass is 35.5. The van der Waals surface area contributed by atoms with Crippen LogP contribution in [0.15, 0.2) is 18.2 Å². The zero-order valence-electron chi connectivity index (χ0n) is 12.5. The molecule has 0 aliphatic heterocycles. The van der Waals surface area contributed by atoms with Gasteiger partial charge in [-0.25, -0.2) is 18.3 Å². The van der Waals surface area contributed by atoms with Gasteiger partial charge in [-0.05, 0) is 44.9 Å². The molecule has 0 bridgehead atoms. The van der Waals surface area contributed by atoms with E-state index >= 15 is 0 Å². The first-order valence-corrected chi connectivity index (χ1v) is 8.68.